The highest BCUT2D eigenvalue weighted by Crippen LogP contribution is 2.68. The number of carbonyl (C=O) groups excluding carboxylic acids is 3. The Labute approximate surface area is 209 Å². The smallest absolute Gasteiger partial charge is 0.247 e. The molecule has 0 aromatic carbocycles. The van der Waals surface area contributed by atoms with E-state index in [1.165, 1.54) is 0 Å². The topological polar surface area (TPSA) is 81.2 Å². The third-order valence-electron chi connectivity index (χ3n) is 7.33. The Hall–Kier alpha value is -1.32. The lowest BCUT2D eigenvalue weighted by Crippen LogP contribution is -2.58. The number of fused-ring (bicyclic) bond motifs is 1. The first kappa shape index (κ1) is 26.3. The van der Waals surface area contributed by atoms with E-state index >= 15 is 0 Å². The van der Waals surface area contributed by atoms with Crippen molar-refractivity contribution in [1.82, 2.24) is 14.7 Å². The van der Waals surface area contributed by atoms with Gasteiger partial charge in [-0.25, -0.2) is 0 Å². The molecule has 3 amide bonds. The minimum absolute atomic E-state index is 0.0222. The lowest BCUT2D eigenvalue weighted by Gasteiger charge is -2.40. The molecule has 3 aliphatic rings. The van der Waals surface area contributed by atoms with E-state index in [2.05, 4.69) is 29.1 Å². The minimum Gasteiger partial charge on any atom is -0.394 e. The van der Waals surface area contributed by atoms with E-state index in [0.29, 0.717) is 25.9 Å². The minimum atomic E-state index is -0.730. The summed E-state index contributed by atoms with van der Waals surface area (Å²) >= 11 is 5.40. The van der Waals surface area contributed by atoms with Crippen LogP contribution in [0.1, 0.15) is 33.6 Å². The Morgan fingerprint density at radius 2 is 1.94 bits per heavy atom. The van der Waals surface area contributed by atoms with Crippen LogP contribution in [0.4, 0.5) is 0 Å². The average Bonchev–Trinajstić information content (AvgIpc) is 3.36. The van der Waals surface area contributed by atoms with Gasteiger partial charge in [0.2, 0.25) is 17.7 Å². The fourth-order valence-electron chi connectivity index (χ4n) is 5.83. The lowest BCUT2D eigenvalue weighted by atomic mass is 9.70. The maximum atomic E-state index is 14.1. The van der Waals surface area contributed by atoms with Crippen molar-refractivity contribution in [3.05, 3.63) is 25.3 Å². The number of aliphatic hydroxyl groups is 1. The zero-order valence-electron chi connectivity index (χ0n) is 19.9. The standard InChI is InChI=1S/C24H36BrN3O4S/c1-7-10-26(6)21(30)17-18-22(31)28(15(9-3)13-29)20(23(32)27(11-8-2)14(4)5)24(18)12-16(25)19(17)33-24/h7-8,14-20,29H,1-2,9-13H2,3-6H3/t15-,16?,17+,18-,19+,20?,24?/m0/s1. The summed E-state index contributed by atoms with van der Waals surface area (Å²) in [4.78, 5) is 46.6. The zero-order chi connectivity index (χ0) is 24.7. The quantitative estimate of drug-likeness (QED) is 0.339. The predicted octanol–water partition coefficient (Wildman–Crippen LogP) is 2.29. The van der Waals surface area contributed by atoms with Crippen molar-refractivity contribution in [2.45, 2.75) is 66.6 Å². The van der Waals surface area contributed by atoms with Crippen LogP contribution in [0.5, 0.6) is 0 Å². The SMILES string of the molecule is C=CCN(C)C(=O)[C@H]1[C@@H]2SC3(CC2Br)C(C(=O)N(CC=C)C(C)C)N([C@@H](CC)CO)C(=O)[C@H]13. The van der Waals surface area contributed by atoms with Gasteiger partial charge in [-0.15, -0.1) is 24.9 Å². The van der Waals surface area contributed by atoms with Crippen molar-refractivity contribution in [1.29, 1.82) is 0 Å². The highest BCUT2D eigenvalue weighted by atomic mass is 79.9. The molecule has 1 spiro atoms. The monoisotopic (exact) mass is 541 g/mol. The highest BCUT2D eigenvalue weighted by molar-refractivity contribution is 9.09. The number of nitrogens with zero attached hydrogens (tertiary/aromatic N) is 3. The third-order valence-corrected chi connectivity index (χ3v) is 10.6. The second-order valence-corrected chi connectivity index (χ2v) is 12.3. The molecule has 0 saturated carbocycles. The second-order valence-electron chi connectivity index (χ2n) is 9.53. The van der Waals surface area contributed by atoms with Crippen LogP contribution in [0.3, 0.4) is 0 Å². The normalized spacial score (nSPS) is 33.2. The number of amides is 3. The third kappa shape index (κ3) is 4.08. The van der Waals surface area contributed by atoms with E-state index in [1.54, 1.807) is 45.7 Å². The van der Waals surface area contributed by atoms with Crippen molar-refractivity contribution < 1.29 is 19.5 Å². The summed E-state index contributed by atoms with van der Waals surface area (Å²) in [6, 6.07) is -1.28. The number of likely N-dealkylation sites (N-methyl/N-ethyl adjacent to an activating group) is 1. The van der Waals surface area contributed by atoms with Crippen molar-refractivity contribution >= 4 is 45.4 Å². The molecule has 0 aromatic rings. The largest absolute Gasteiger partial charge is 0.394 e. The van der Waals surface area contributed by atoms with Crippen molar-refractivity contribution in [2.75, 3.05) is 26.7 Å². The van der Waals surface area contributed by atoms with Gasteiger partial charge in [-0.1, -0.05) is 35.0 Å². The number of hydrogen-bond donors (Lipinski definition) is 1. The van der Waals surface area contributed by atoms with Gasteiger partial charge in [-0.2, -0.15) is 0 Å². The summed E-state index contributed by atoms with van der Waals surface area (Å²) in [5, 5.41) is 10.0. The Morgan fingerprint density at radius 1 is 1.30 bits per heavy atom. The molecule has 0 aromatic heterocycles. The summed E-state index contributed by atoms with van der Waals surface area (Å²) in [5.41, 5.74) is 0. The molecule has 7 nitrogen and oxygen atoms in total. The van der Waals surface area contributed by atoms with E-state index in [0.717, 1.165) is 0 Å². The fourth-order valence-corrected chi connectivity index (χ4v) is 9.41. The second kappa shape index (κ2) is 10.1. The molecule has 3 heterocycles. The van der Waals surface area contributed by atoms with E-state index in [-0.39, 0.29) is 40.4 Å². The van der Waals surface area contributed by atoms with E-state index < -0.39 is 28.7 Å². The molecular formula is C24H36BrN3O4S. The Morgan fingerprint density at radius 3 is 2.45 bits per heavy atom. The Kier molecular flexibility index (Phi) is 8.06. The summed E-state index contributed by atoms with van der Waals surface area (Å²) in [5.74, 6) is -1.51. The maximum Gasteiger partial charge on any atom is 0.247 e. The Bertz CT molecular complexity index is 820. The van der Waals surface area contributed by atoms with Gasteiger partial charge in [0.15, 0.2) is 0 Å². The number of carbonyl (C=O) groups is 3. The molecule has 184 valence electrons. The molecule has 0 aliphatic carbocycles. The van der Waals surface area contributed by atoms with Crippen LogP contribution >= 0.6 is 27.7 Å². The van der Waals surface area contributed by atoms with Gasteiger partial charge in [0, 0.05) is 36.3 Å². The molecule has 7 atom stereocenters. The van der Waals surface area contributed by atoms with Gasteiger partial charge in [-0.05, 0) is 26.7 Å². The number of thioether (sulfide) groups is 1. The summed E-state index contributed by atoms with van der Waals surface area (Å²) in [6.07, 6.45) is 4.52. The summed E-state index contributed by atoms with van der Waals surface area (Å²) in [7, 11) is 1.73. The molecule has 9 heteroatoms. The maximum absolute atomic E-state index is 14.1. The average molecular weight is 543 g/mol. The number of rotatable bonds is 10. The number of hydrogen-bond acceptors (Lipinski definition) is 5. The number of halogens is 1. The van der Waals surface area contributed by atoms with Crippen LogP contribution in [0.15, 0.2) is 25.3 Å². The summed E-state index contributed by atoms with van der Waals surface area (Å²) < 4.78 is -0.709. The van der Waals surface area contributed by atoms with Crippen LogP contribution in [-0.4, -0.2) is 97.2 Å². The molecular weight excluding hydrogens is 506 g/mol. The van der Waals surface area contributed by atoms with Gasteiger partial charge < -0.3 is 19.8 Å². The van der Waals surface area contributed by atoms with E-state index in [9.17, 15) is 19.5 Å². The van der Waals surface area contributed by atoms with Crippen LogP contribution in [0.25, 0.3) is 0 Å². The fraction of sp³-hybridized carbons (Fsp3) is 0.708. The van der Waals surface area contributed by atoms with Gasteiger partial charge >= 0.3 is 0 Å². The molecule has 3 fully saturated rings. The number of likely N-dealkylation sites (tertiary alicyclic amines) is 1. The summed E-state index contributed by atoms with van der Waals surface area (Å²) in [6.45, 7) is 13.9. The first-order valence-corrected chi connectivity index (χ1v) is 13.4. The first-order chi connectivity index (χ1) is 15.6. The molecule has 2 bridgehead atoms. The Balaban J connectivity index is 2.13. The van der Waals surface area contributed by atoms with Gasteiger partial charge in [0.25, 0.3) is 0 Å². The van der Waals surface area contributed by atoms with Crippen LogP contribution in [-0.2, 0) is 14.4 Å². The lowest BCUT2D eigenvalue weighted by molar-refractivity contribution is -0.147. The van der Waals surface area contributed by atoms with Crippen LogP contribution in [0, 0.1) is 11.8 Å². The molecule has 3 unspecified atom stereocenters. The van der Waals surface area contributed by atoms with Gasteiger partial charge in [-0.3, -0.25) is 14.4 Å². The van der Waals surface area contributed by atoms with Crippen LogP contribution in [0.2, 0.25) is 0 Å². The van der Waals surface area contributed by atoms with Gasteiger partial charge in [0.05, 0.1) is 29.2 Å². The molecule has 3 saturated heterocycles. The van der Waals surface area contributed by atoms with E-state index in [4.69, 9.17) is 0 Å². The van der Waals surface area contributed by atoms with Crippen molar-refractivity contribution in [3.8, 4) is 0 Å². The molecule has 3 aliphatic heterocycles. The molecule has 1 N–H and O–H groups in total. The number of aliphatic hydroxyl groups excluding tert-OH is 1. The molecule has 33 heavy (non-hydrogen) atoms. The van der Waals surface area contributed by atoms with Crippen LogP contribution < -0.4 is 0 Å². The predicted molar refractivity (Wildman–Crippen MR) is 135 cm³/mol. The van der Waals surface area contributed by atoms with Crippen molar-refractivity contribution in [3.63, 3.8) is 0 Å². The van der Waals surface area contributed by atoms with Gasteiger partial charge in [0.1, 0.15) is 6.04 Å². The van der Waals surface area contributed by atoms with Crippen molar-refractivity contribution in [2.24, 2.45) is 11.8 Å². The molecule has 0 radical (unpaired) electrons. The molecule has 3 rings (SSSR count). The first-order valence-electron chi connectivity index (χ1n) is 11.6. The number of alkyl halides is 1. The van der Waals surface area contributed by atoms with E-state index in [1.807, 2.05) is 20.8 Å². The zero-order valence-corrected chi connectivity index (χ0v) is 22.3. The highest BCUT2D eigenvalue weighted by Gasteiger charge is 2.76.